The molecule has 1 aromatic rings. The quantitative estimate of drug-likeness (QED) is 0.711. The molecule has 0 unspecified atom stereocenters. The molecule has 0 amide bonds. The molecule has 62 valence electrons. The van der Waals surface area contributed by atoms with Crippen molar-refractivity contribution in [1.82, 2.24) is 0 Å². The summed E-state index contributed by atoms with van der Waals surface area (Å²) in [5.41, 5.74) is 1.92. The smallest absolute Gasteiger partial charge is 0.103 e. The molecule has 0 aromatic heterocycles. The Balaban J connectivity index is 2.77. The fraction of sp³-hybridized carbons (Fsp3) is 0.222. The molecule has 0 aliphatic rings. The van der Waals surface area contributed by atoms with Gasteiger partial charge in [-0.2, -0.15) is 5.26 Å². The Morgan fingerprint density at radius 2 is 2.33 bits per heavy atom. The van der Waals surface area contributed by atoms with Crippen LogP contribution in [0.5, 0.6) is 0 Å². The van der Waals surface area contributed by atoms with Crippen LogP contribution in [0.4, 0.5) is 5.69 Å². The minimum Gasteiger partial charge on any atom is -0.372 e. The van der Waals surface area contributed by atoms with E-state index < -0.39 is 0 Å². The number of benzene rings is 1. The fourth-order valence-electron chi connectivity index (χ4n) is 0.844. The molecule has 1 N–H and O–H groups in total. The molecule has 0 aliphatic carbocycles. The predicted octanol–water partition coefficient (Wildman–Crippen LogP) is 2.58. The first-order chi connectivity index (χ1) is 5.74. The van der Waals surface area contributed by atoms with Gasteiger partial charge in [-0.1, -0.05) is 17.7 Å². The molecular formula is C9H9ClN2. The van der Waals surface area contributed by atoms with E-state index in [1.165, 1.54) is 0 Å². The first-order valence-electron chi connectivity index (χ1n) is 3.61. The average molecular weight is 181 g/mol. The van der Waals surface area contributed by atoms with Gasteiger partial charge in [0, 0.05) is 10.7 Å². The van der Waals surface area contributed by atoms with Gasteiger partial charge in [0.15, 0.2) is 0 Å². The summed E-state index contributed by atoms with van der Waals surface area (Å²) in [5.74, 6) is 0. The van der Waals surface area contributed by atoms with Crippen molar-refractivity contribution in [2.45, 2.75) is 6.92 Å². The van der Waals surface area contributed by atoms with Crippen LogP contribution in [0.15, 0.2) is 18.2 Å². The number of nitrogens with one attached hydrogen (secondary N) is 1. The lowest BCUT2D eigenvalue weighted by molar-refractivity contribution is 1.31. The van der Waals surface area contributed by atoms with E-state index in [0.29, 0.717) is 6.54 Å². The zero-order valence-corrected chi connectivity index (χ0v) is 7.52. The summed E-state index contributed by atoms with van der Waals surface area (Å²) in [6, 6.07) is 7.63. The lowest BCUT2D eigenvalue weighted by Crippen LogP contribution is -1.97. The third-order valence-corrected chi connectivity index (χ3v) is 1.95. The highest BCUT2D eigenvalue weighted by Gasteiger charge is 1.95. The molecule has 0 bridgehead atoms. The Kier molecular flexibility index (Phi) is 2.95. The molecule has 0 heterocycles. The van der Waals surface area contributed by atoms with Gasteiger partial charge in [-0.25, -0.2) is 0 Å². The van der Waals surface area contributed by atoms with Gasteiger partial charge in [0.1, 0.15) is 6.54 Å². The summed E-state index contributed by atoms with van der Waals surface area (Å²) in [6.07, 6.45) is 0. The zero-order chi connectivity index (χ0) is 8.97. The first kappa shape index (κ1) is 8.89. The van der Waals surface area contributed by atoms with E-state index in [9.17, 15) is 0 Å². The second-order valence-corrected chi connectivity index (χ2v) is 2.88. The number of nitriles is 1. The largest absolute Gasteiger partial charge is 0.372 e. The highest BCUT2D eigenvalue weighted by atomic mass is 35.5. The van der Waals surface area contributed by atoms with E-state index in [4.69, 9.17) is 16.9 Å². The molecule has 0 spiro atoms. The van der Waals surface area contributed by atoms with Crippen molar-refractivity contribution < 1.29 is 0 Å². The third kappa shape index (κ3) is 2.14. The van der Waals surface area contributed by atoms with Gasteiger partial charge in [-0.05, 0) is 24.6 Å². The van der Waals surface area contributed by atoms with Crippen molar-refractivity contribution in [1.29, 1.82) is 5.26 Å². The van der Waals surface area contributed by atoms with Crippen LogP contribution in [0.25, 0.3) is 0 Å². The predicted molar refractivity (Wildman–Crippen MR) is 50.3 cm³/mol. The Labute approximate surface area is 76.8 Å². The highest BCUT2D eigenvalue weighted by Crippen LogP contribution is 2.19. The van der Waals surface area contributed by atoms with E-state index in [-0.39, 0.29) is 0 Å². The van der Waals surface area contributed by atoms with Gasteiger partial charge in [0.25, 0.3) is 0 Å². The number of rotatable bonds is 2. The second-order valence-electron chi connectivity index (χ2n) is 2.48. The van der Waals surface area contributed by atoms with Gasteiger partial charge < -0.3 is 5.32 Å². The van der Waals surface area contributed by atoms with Crippen LogP contribution in [0.1, 0.15) is 5.56 Å². The van der Waals surface area contributed by atoms with Crippen molar-refractivity contribution in [2.75, 3.05) is 11.9 Å². The Morgan fingerprint density at radius 1 is 1.58 bits per heavy atom. The van der Waals surface area contributed by atoms with E-state index in [1.54, 1.807) is 0 Å². The molecule has 0 saturated heterocycles. The fourth-order valence-corrected chi connectivity index (χ4v) is 1.02. The van der Waals surface area contributed by atoms with Crippen molar-refractivity contribution in [3.05, 3.63) is 28.8 Å². The molecule has 1 rings (SSSR count). The number of nitrogens with zero attached hydrogens (tertiary/aromatic N) is 1. The maximum absolute atomic E-state index is 8.31. The topological polar surface area (TPSA) is 35.8 Å². The number of halogens is 1. The number of hydrogen-bond acceptors (Lipinski definition) is 2. The van der Waals surface area contributed by atoms with Crippen molar-refractivity contribution in [3.8, 4) is 6.07 Å². The molecule has 3 heteroatoms. The van der Waals surface area contributed by atoms with Crippen molar-refractivity contribution >= 4 is 17.3 Å². The molecular weight excluding hydrogens is 172 g/mol. The summed E-state index contributed by atoms with van der Waals surface area (Å²) < 4.78 is 0. The Morgan fingerprint density at radius 3 is 2.92 bits per heavy atom. The first-order valence-corrected chi connectivity index (χ1v) is 3.99. The summed E-state index contributed by atoms with van der Waals surface area (Å²) >= 11 is 5.87. The standard InChI is InChI=1S/C9H9ClN2/c1-7-2-3-8(6-9(7)10)12-5-4-11/h2-3,6,12H,5H2,1H3. The van der Waals surface area contributed by atoms with Crippen LogP contribution >= 0.6 is 11.6 Å². The normalized spacial score (nSPS) is 9.08. The maximum Gasteiger partial charge on any atom is 0.103 e. The van der Waals surface area contributed by atoms with Crippen LogP contribution < -0.4 is 5.32 Å². The maximum atomic E-state index is 8.31. The average Bonchev–Trinajstić information content (AvgIpc) is 2.07. The SMILES string of the molecule is Cc1ccc(NCC#N)cc1Cl. The van der Waals surface area contributed by atoms with E-state index in [2.05, 4.69) is 5.32 Å². The second kappa shape index (κ2) is 3.99. The van der Waals surface area contributed by atoms with Crippen LogP contribution in [0.3, 0.4) is 0 Å². The van der Waals surface area contributed by atoms with Gasteiger partial charge in [0.05, 0.1) is 6.07 Å². The summed E-state index contributed by atoms with van der Waals surface area (Å²) in [4.78, 5) is 0. The lowest BCUT2D eigenvalue weighted by atomic mass is 10.2. The van der Waals surface area contributed by atoms with Crippen molar-refractivity contribution in [3.63, 3.8) is 0 Å². The molecule has 0 aliphatic heterocycles. The third-order valence-electron chi connectivity index (χ3n) is 1.54. The van der Waals surface area contributed by atoms with Crippen molar-refractivity contribution in [2.24, 2.45) is 0 Å². The van der Waals surface area contributed by atoms with Crippen LogP contribution in [-0.2, 0) is 0 Å². The number of aryl methyl sites for hydroxylation is 1. The summed E-state index contributed by atoms with van der Waals surface area (Å²) in [5, 5.41) is 11.9. The van der Waals surface area contributed by atoms with Gasteiger partial charge in [-0.15, -0.1) is 0 Å². The monoisotopic (exact) mass is 180 g/mol. The molecule has 0 atom stereocenters. The Bertz CT molecular complexity index is 315. The van der Waals surface area contributed by atoms with E-state index >= 15 is 0 Å². The van der Waals surface area contributed by atoms with Gasteiger partial charge in [-0.3, -0.25) is 0 Å². The molecule has 0 saturated carbocycles. The number of anilines is 1. The molecule has 12 heavy (non-hydrogen) atoms. The van der Waals surface area contributed by atoms with Crippen LogP contribution in [0, 0.1) is 18.3 Å². The van der Waals surface area contributed by atoms with Crippen LogP contribution in [0.2, 0.25) is 5.02 Å². The van der Waals surface area contributed by atoms with E-state index in [1.807, 2.05) is 31.2 Å². The molecule has 0 fully saturated rings. The lowest BCUT2D eigenvalue weighted by Gasteiger charge is -2.03. The van der Waals surface area contributed by atoms with Crippen LogP contribution in [-0.4, -0.2) is 6.54 Å². The highest BCUT2D eigenvalue weighted by molar-refractivity contribution is 6.31. The summed E-state index contributed by atoms with van der Waals surface area (Å²) in [7, 11) is 0. The minimum atomic E-state index is 0.305. The van der Waals surface area contributed by atoms with E-state index in [0.717, 1.165) is 16.3 Å². The molecule has 0 radical (unpaired) electrons. The Hall–Kier alpha value is -1.20. The van der Waals surface area contributed by atoms with Gasteiger partial charge in [0.2, 0.25) is 0 Å². The zero-order valence-electron chi connectivity index (χ0n) is 6.76. The number of hydrogen-bond donors (Lipinski definition) is 1. The molecule has 1 aromatic carbocycles. The molecule has 2 nitrogen and oxygen atoms in total. The van der Waals surface area contributed by atoms with Gasteiger partial charge >= 0.3 is 0 Å². The summed E-state index contributed by atoms with van der Waals surface area (Å²) in [6.45, 7) is 2.25. The minimum absolute atomic E-state index is 0.305.